The monoisotopic (exact) mass is 290 g/mol. The van der Waals surface area contributed by atoms with Crippen molar-refractivity contribution in [3.8, 4) is 0 Å². The minimum Gasteiger partial charge on any atom is -0.294 e. The number of ketones is 1. The average Bonchev–Trinajstić information content (AvgIpc) is 2.32. The van der Waals surface area contributed by atoms with Crippen molar-refractivity contribution in [1.29, 1.82) is 0 Å². The minimum absolute atomic E-state index is 0.0347. The highest BCUT2D eigenvalue weighted by Crippen LogP contribution is 2.22. The van der Waals surface area contributed by atoms with Gasteiger partial charge in [-0.2, -0.15) is 0 Å². The van der Waals surface area contributed by atoms with Gasteiger partial charge < -0.3 is 0 Å². The van der Waals surface area contributed by atoms with E-state index in [1.165, 1.54) is 18.2 Å². The lowest BCUT2D eigenvalue weighted by molar-refractivity contribution is 0.0992. The molecule has 20 heavy (non-hydrogen) atoms. The summed E-state index contributed by atoms with van der Waals surface area (Å²) in [7, 11) is 0. The van der Waals surface area contributed by atoms with Crippen molar-refractivity contribution in [3.63, 3.8) is 0 Å². The van der Waals surface area contributed by atoms with Gasteiger partial charge in [-0.25, -0.2) is 4.39 Å². The summed E-state index contributed by atoms with van der Waals surface area (Å²) < 4.78 is 13.2. The standard InChI is InChI=1S/C17H16ClFO/c1-10-6-11(2)17(12(3)7-10)16(20)9-13-8-14(19)4-5-15(13)18/h4-8H,9H2,1-3H3. The van der Waals surface area contributed by atoms with Crippen LogP contribution in [-0.2, 0) is 6.42 Å². The summed E-state index contributed by atoms with van der Waals surface area (Å²) in [5, 5.41) is 0.419. The molecule has 0 atom stereocenters. The summed E-state index contributed by atoms with van der Waals surface area (Å²) in [5.74, 6) is -0.415. The van der Waals surface area contributed by atoms with E-state index >= 15 is 0 Å². The molecular weight excluding hydrogens is 275 g/mol. The Morgan fingerprint density at radius 1 is 1.10 bits per heavy atom. The zero-order valence-electron chi connectivity index (χ0n) is 11.8. The molecule has 0 spiro atoms. The smallest absolute Gasteiger partial charge is 0.167 e. The van der Waals surface area contributed by atoms with Gasteiger partial charge in [0.15, 0.2) is 5.78 Å². The summed E-state index contributed by atoms with van der Waals surface area (Å²) in [4.78, 5) is 12.4. The molecule has 2 aromatic carbocycles. The second-order valence-electron chi connectivity index (χ2n) is 5.11. The van der Waals surface area contributed by atoms with Gasteiger partial charge >= 0.3 is 0 Å². The molecule has 0 aliphatic heterocycles. The zero-order chi connectivity index (χ0) is 14.9. The van der Waals surface area contributed by atoms with Crippen LogP contribution in [0.2, 0.25) is 5.02 Å². The molecule has 0 radical (unpaired) electrons. The second-order valence-corrected chi connectivity index (χ2v) is 5.52. The normalized spacial score (nSPS) is 10.7. The fourth-order valence-electron chi connectivity index (χ4n) is 2.56. The Kier molecular flexibility index (Phi) is 4.24. The minimum atomic E-state index is -0.380. The Labute approximate surface area is 123 Å². The van der Waals surface area contributed by atoms with Crippen molar-refractivity contribution in [1.82, 2.24) is 0 Å². The fourth-order valence-corrected chi connectivity index (χ4v) is 2.74. The van der Waals surface area contributed by atoms with Crippen molar-refractivity contribution >= 4 is 17.4 Å². The molecule has 104 valence electrons. The van der Waals surface area contributed by atoms with Crippen LogP contribution in [-0.4, -0.2) is 5.78 Å². The molecule has 0 fully saturated rings. The van der Waals surface area contributed by atoms with Gasteiger partial charge in [0.25, 0.3) is 0 Å². The predicted octanol–water partition coefficient (Wildman–Crippen LogP) is 4.83. The third kappa shape index (κ3) is 3.07. The Morgan fingerprint density at radius 2 is 1.70 bits per heavy atom. The Morgan fingerprint density at radius 3 is 2.30 bits per heavy atom. The molecule has 0 amide bonds. The van der Waals surface area contributed by atoms with E-state index in [1.807, 2.05) is 32.9 Å². The molecule has 0 aromatic heterocycles. The van der Waals surface area contributed by atoms with E-state index in [2.05, 4.69) is 0 Å². The molecule has 2 aromatic rings. The molecule has 0 aliphatic carbocycles. The SMILES string of the molecule is Cc1cc(C)c(C(=O)Cc2cc(F)ccc2Cl)c(C)c1. The third-order valence-electron chi connectivity index (χ3n) is 3.31. The van der Waals surface area contributed by atoms with E-state index in [0.29, 0.717) is 16.1 Å². The van der Waals surface area contributed by atoms with E-state index in [0.717, 1.165) is 16.7 Å². The highest BCUT2D eigenvalue weighted by Gasteiger charge is 2.15. The molecule has 0 bridgehead atoms. The van der Waals surface area contributed by atoms with Gasteiger partial charge in [0.05, 0.1) is 0 Å². The number of hydrogen-bond donors (Lipinski definition) is 0. The van der Waals surface area contributed by atoms with Crippen molar-refractivity contribution < 1.29 is 9.18 Å². The van der Waals surface area contributed by atoms with Crippen LogP contribution in [0.15, 0.2) is 30.3 Å². The van der Waals surface area contributed by atoms with Gasteiger partial charge in [0.2, 0.25) is 0 Å². The summed E-state index contributed by atoms with van der Waals surface area (Å²) in [6.45, 7) is 5.83. The number of carbonyl (C=O) groups is 1. The quantitative estimate of drug-likeness (QED) is 0.740. The number of Topliss-reactive ketones (excluding diaryl/α,β-unsaturated/α-hetero) is 1. The van der Waals surface area contributed by atoms with E-state index in [9.17, 15) is 9.18 Å². The largest absolute Gasteiger partial charge is 0.294 e. The Hall–Kier alpha value is -1.67. The van der Waals surface area contributed by atoms with Gasteiger partial charge in [-0.15, -0.1) is 0 Å². The maximum Gasteiger partial charge on any atom is 0.167 e. The van der Waals surface area contributed by atoms with Gasteiger partial charge in [-0.1, -0.05) is 29.3 Å². The van der Waals surface area contributed by atoms with Crippen molar-refractivity contribution in [2.24, 2.45) is 0 Å². The van der Waals surface area contributed by atoms with Crippen LogP contribution in [0.1, 0.15) is 32.6 Å². The van der Waals surface area contributed by atoms with Crippen LogP contribution in [0.25, 0.3) is 0 Å². The highest BCUT2D eigenvalue weighted by atomic mass is 35.5. The van der Waals surface area contributed by atoms with E-state index in [1.54, 1.807) is 0 Å². The molecular formula is C17H16ClFO. The number of benzene rings is 2. The van der Waals surface area contributed by atoms with Crippen LogP contribution in [0.3, 0.4) is 0 Å². The maximum atomic E-state index is 13.2. The van der Waals surface area contributed by atoms with Gasteiger partial charge in [-0.3, -0.25) is 4.79 Å². The Balaban J connectivity index is 2.36. The number of rotatable bonds is 3. The van der Waals surface area contributed by atoms with Crippen LogP contribution < -0.4 is 0 Å². The van der Waals surface area contributed by atoms with Crippen LogP contribution in [0.4, 0.5) is 4.39 Å². The number of halogens is 2. The van der Waals surface area contributed by atoms with E-state index in [4.69, 9.17) is 11.6 Å². The van der Waals surface area contributed by atoms with E-state index in [-0.39, 0.29) is 18.0 Å². The molecule has 0 saturated carbocycles. The van der Waals surface area contributed by atoms with Crippen molar-refractivity contribution in [2.45, 2.75) is 27.2 Å². The first-order valence-electron chi connectivity index (χ1n) is 6.43. The van der Waals surface area contributed by atoms with Crippen LogP contribution >= 0.6 is 11.6 Å². The number of aryl methyl sites for hydroxylation is 3. The first-order chi connectivity index (χ1) is 9.38. The predicted molar refractivity (Wildman–Crippen MR) is 80.1 cm³/mol. The summed E-state index contributed by atoms with van der Waals surface area (Å²) in [6.07, 6.45) is 0.112. The molecule has 0 heterocycles. The molecule has 0 N–H and O–H groups in total. The Bertz CT molecular complexity index is 654. The van der Waals surface area contributed by atoms with Gasteiger partial charge in [0, 0.05) is 17.0 Å². The maximum absolute atomic E-state index is 13.2. The zero-order valence-corrected chi connectivity index (χ0v) is 12.5. The second kappa shape index (κ2) is 5.76. The lowest BCUT2D eigenvalue weighted by Crippen LogP contribution is -2.09. The summed E-state index contributed by atoms with van der Waals surface area (Å²) >= 11 is 6.01. The van der Waals surface area contributed by atoms with Crippen molar-refractivity contribution in [2.75, 3.05) is 0 Å². The van der Waals surface area contributed by atoms with Crippen LogP contribution in [0.5, 0.6) is 0 Å². The number of carbonyl (C=O) groups excluding carboxylic acids is 1. The summed E-state index contributed by atoms with van der Waals surface area (Å²) in [5.41, 5.74) is 4.24. The molecule has 0 saturated heterocycles. The highest BCUT2D eigenvalue weighted by molar-refractivity contribution is 6.31. The van der Waals surface area contributed by atoms with Crippen molar-refractivity contribution in [3.05, 3.63) is 69.0 Å². The third-order valence-corrected chi connectivity index (χ3v) is 3.68. The average molecular weight is 291 g/mol. The van der Waals surface area contributed by atoms with E-state index < -0.39 is 0 Å². The lowest BCUT2D eigenvalue weighted by atomic mass is 9.93. The molecule has 2 rings (SSSR count). The topological polar surface area (TPSA) is 17.1 Å². The fraction of sp³-hybridized carbons (Fsp3) is 0.235. The number of hydrogen-bond acceptors (Lipinski definition) is 1. The molecule has 0 aliphatic rings. The first-order valence-corrected chi connectivity index (χ1v) is 6.81. The van der Waals surface area contributed by atoms with Crippen LogP contribution in [0, 0.1) is 26.6 Å². The summed E-state index contributed by atoms with van der Waals surface area (Å²) in [6, 6.07) is 8.05. The molecule has 1 nitrogen and oxygen atoms in total. The van der Waals surface area contributed by atoms with Gasteiger partial charge in [-0.05, 0) is 55.7 Å². The first kappa shape index (κ1) is 14.7. The molecule has 3 heteroatoms. The molecule has 0 unspecified atom stereocenters. The van der Waals surface area contributed by atoms with Gasteiger partial charge in [0.1, 0.15) is 5.82 Å². The lowest BCUT2D eigenvalue weighted by Gasteiger charge is -2.11.